The van der Waals surface area contributed by atoms with Crippen molar-refractivity contribution < 1.29 is 8.78 Å². The van der Waals surface area contributed by atoms with Gasteiger partial charge in [-0.1, -0.05) is 103 Å². The molecule has 3 saturated carbocycles. The van der Waals surface area contributed by atoms with E-state index in [0.29, 0.717) is 23.0 Å². The van der Waals surface area contributed by atoms with Crippen LogP contribution in [0.3, 0.4) is 0 Å². The minimum atomic E-state index is -0.271. The normalized spacial score (nSPS) is 27.8. The molecule has 5 rings (SSSR count). The SMILES string of the molecule is CCCC(C)C1(c2ccc(-c3ccc([C@H]4CC[C@H]([C@H]5CC[C@H](CCC)CC5)CC4)cc3F)c(F)c2)CCCCC1. The first-order valence-electron chi connectivity index (χ1n) is 17.0. The van der Waals surface area contributed by atoms with E-state index in [0.717, 1.165) is 48.1 Å². The van der Waals surface area contributed by atoms with E-state index in [1.807, 2.05) is 12.1 Å². The van der Waals surface area contributed by atoms with E-state index >= 15 is 8.78 Å². The predicted molar refractivity (Wildman–Crippen MR) is 166 cm³/mol. The van der Waals surface area contributed by atoms with Gasteiger partial charge in [0.15, 0.2) is 0 Å². The molecule has 0 radical (unpaired) electrons. The summed E-state index contributed by atoms with van der Waals surface area (Å²) in [5, 5.41) is 0. The highest BCUT2D eigenvalue weighted by Gasteiger charge is 2.39. The maximum absolute atomic E-state index is 15.7. The zero-order valence-electron chi connectivity index (χ0n) is 25.6. The van der Waals surface area contributed by atoms with E-state index in [4.69, 9.17) is 0 Å². The highest BCUT2D eigenvalue weighted by Crippen LogP contribution is 2.48. The molecule has 3 fully saturated rings. The Morgan fingerprint density at radius 2 is 1.32 bits per heavy atom. The van der Waals surface area contributed by atoms with Gasteiger partial charge in [-0.05, 0) is 110 Å². The second kappa shape index (κ2) is 13.5. The van der Waals surface area contributed by atoms with Crippen molar-refractivity contribution in [2.24, 2.45) is 23.7 Å². The van der Waals surface area contributed by atoms with E-state index in [-0.39, 0.29) is 17.0 Å². The van der Waals surface area contributed by atoms with Crippen molar-refractivity contribution in [2.45, 2.75) is 141 Å². The van der Waals surface area contributed by atoms with Gasteiger partial charge in [-0.2, -0.15) is 0 Å². The topological polar surface area (TPSA) is 0 Å². The minimum Gasteiger partial charge on any atom is -0.206 e. The molecule has 40 heavy (non-hydrogen) atoms. The van der Waals surface area contributed by atoms with Crippen LogP contribution in [-0.2, 0) is 5.41 Å². The van der Waals surface area contributed by atoms with Gasteiger partial charge in [-0.15, -0.1) is 0 Å². The molecule has 2 aromatic rings. The first kappa shape index (κ1) is 29.8. The minimum absolute atomic E-state index is 0.0592. The maximum Gasteiger partial charge on any atom is 0.131 e. The Hall–Kier alpha value is -1.70. The fourth-order valence-corrected chi connectivity index (χ4v) is 9.29. The van der Waals surface area contributed by atoms with E-state index in [9.17, 15) is 0 Å². The summed E-state index contributed by atoms with van der Waals surface area (Å²) in [7, 11) is 0. The second-order valence-electron chi connectivity index (χ2n) is 14.0. The first-order chi connectivity index (χ1) is 19.4. The molecule has 1 atom stereocenters. The zero-order valence-corrected chi connectivity index (χ0v) is 25.6. The lowest BCUT2D eigenvalue weighted by molar-refractivity contribution is 0.156. The molecule has 0 saturated heterocycles. The molecular formula is C38H54F2. The van der Waals surface area contributed by atoms with E-state index in [1.165, 1.54) is 89.9 Å². The standard InChI is InChI=1S/C38H54F2/c1-4-9-27(3)38(23-7-6-8-24-38)33-20-22-35(37(40)26-33)34-21-19-32(25-36(34)39)31-17-15-30(16-18-31)29-13-11-28(10-5-2)12-14-29/h19-22,25-31H,4-18,23-24H2,1-3H3/t27?,28-,29-,30-,31-. The molecule has 0 nitrogen and oxygen atoms in total. The van der Waals surface area contributed by atoms with Crippen LogP contribution in [-0.4, -0.2) is 0 Å². The largest absolute Gasteiger partial charge is 0.206 e. The molecule has 1 unspecified atom stereocenters. The van der Waals surface area contributed by atoms with Gasteiger partial charge in [-0.3, -0.25) is 0 Å². The fourth-order valence-electron chi connectivity index (χ4n) is 9.29. The predicted octanol–water partition coefficient (Wildman–Crippen LogP) is 12.2. The molecule has 3 aliphatic rings. The number of hydrogen-bond acceptors (Lipinski definition) is 0. The van der Waals surface area contributed by atoms with Gasteiger partial charge in [0, 0.05) is 11.1 Å². The molecular weight excluding hydrogens is 494 g/mol. The number of rotatable bonds is 9. The molecule has 0 bridgehead atoms. The van der Waals surface area contributed by atoms with Crippen molar-refractivity contribution in [3.05, 3.63) is 59.2 Å². The molecule has 0 aromatic heterocycles. The van der Waals surface area contributed by atoms with Gasteiger partial charge in [-0.25, -0.2) is 8.78 Å². The van der Waals surface area contributed by atoms with Gasteiger partial charge >= 0.3 is 0 Å². The lowest BCUT2D eigenvalue weighted by Crippen LogP contribution is -2.36. The maximum atomic E-state index is 15.7. The van der Waals surface area contributed by atoms with Crippen LogP contribution in [0.4, 0.5) is 8.78 Å². The second-order valence-corrected chi connectivity index (χ2v) is 14.0. The van der Waals surface area contributed by atoms with Crippen LogP contribution >= 0.6 is 0 Å². The van der Waals surface area contributed by atoms with Gasteiger partial charge < -0.3 is 0 Å². The quantitative estimate of drug-likeness (QED) is 0.292. The monoisotopic (exact) mass is 548 g/mol. The Morgan fingerprint density at radius 3 is 1.90 bits per heavy atom. The Labute approximate surface area is 243 Å². The highest BCUT2D eigenvalue weighted by atomic mass is 19.1. The smallest absolute Gasteiger partial charge is 0.131 e. The molecule has 0 spiro atoms. The summed E-state index contributed by atoms with van der Waals surface area (Å²) in [6.07, 6.45) is 21.7. The number of halogens is 2. The molecule has 3 aliphatic carbocycles. The van der Waals surface area contributed by atoms with Crippen molar-refractivity contribution in [2.75, 3.05) is 0 Å². The van der Waals surface area contributed by atoms with E-state index in [1.54, 1.807) is 12.1 Å². The van der Waals surface area contributed by atoms with Crippen LogP contribution in [0.2, 0.25) is 0 Å². The summed E-state index contributed by atoms with van der Waals surface area (Å²) in [5.41, 5.74) is 3.11. The Kier molecular flexibility index (Phi) is 10.1. The van der Waals surface area contributed by atoms with Crippen molar-refractivity contribution >= 4 is 0 Å². The summed E-state index contributed by atoms with van der Waals surface area (Å²) >= 11 is 0. The third-order valence-corrected chi connectivity index (χ3v) is 11.7. The van der Waals surface area contributed by atoms with Crippen LogP contribution in [0.25, 0.3) is 11.1 Å². The molecule has 220 valence electrons. The lowest BCUT2D eigenvalue weighted by Gasteiger charge is -2.43. The van der Waals surface area contributed by atoms with Crippen LogP contribution in [0, 0.1) is 35.3 Å². The summed E-state index contributed by atoms with van der Waals surface area (Å²) in [6, 6.07) is 11.4. The van der Waals surface area contributed by atoms with Crippen LogP contribution in [0.15, 0.2) is 36.4 Å². The molecule has 0 aliphatic heterocycles. The molecule has 2 aromatic carbocycles. The average Bonchev–Trinajstić information content (AvgIpc) is 2.98. The summed E-state index contributed by atoms with van der Waals surface area (Å²) in [5.74, 6) is 3.18. The summed E-state index contributed by atoms with van der Waals surface area (Å²) in [6.45, 7) is 6.91. The lowest BCUT2D eigenvalue weighted by atomic mass is 9.61. The Bertz CT molecular complexity index is 1080. The van der Waals surface area contributed by atoms with E-state index in [2.05, 4.69) is 32.9 Å². The first-order valence-corrected chi connectivity index (χ1v) is 17.0. The van der Waals surface area contributed by atoms with Crippen molar-refractivity contribution in [1.82, 2.24) is 0 Å². The highest BCUT2D eigenvalue weighted by molar-refractivity contribution is 5.66. The van der Waals surface area contributed by atoms with Crippen LogP contribution < -0.4 is 0 Å². The van der Waals surface area contributed by atoms with Crippen molar-refractivity contribution in [3.8, 4) is 11.1 Å². The van der Waals surface area contributed by atoms with Crippen molar-refractivity contribution in [1.29, 1.82) is 0 Å². The summed E-state index contributed by atoms with van der Waals surface area (Å²) in [4.78, 5) is 0. The third-order valence-electron chi connectivity index (χ3n) is 11.7. The Morgan fingerprint density at radius 1 is 0.725 bits per heavy atom. The van der Waals surface area contributed by atoms with E-state index < -0.39 is 0 Å². The van der Waals surface area contributed by atoms with Gasteiger partial charge in [0.05, 0.1) is 0 Å². The van der Waals surface area contributed by atoms with Gasteiger partial charge in [0.1, 0.15) is 11.6 Å². The summed E-state index contributed by atoms with van der Waals surface area (Å²) < 4.78 is 31.2. The molecule has 2 heteroatoms. The van der Waals surface area contributed by atoms with Crippen molar-refractivity contribution in [3.63, 3.8) is 0 Å². The fraction of sp³-hybridized carbons (Fsp3) is 0.684. The van der Waals surface area contributed by atoms with Crippen LogP contribution in [0.5, 0.6) is 0 Å². The Balaban J connectivity index is 1.25. The molecule has 0 heterocycles. The molecule has 0 amide bonds. The number of hydrogen-bond donors (Lipinski definition) is 0. The third kappa shape index (κ3) is 6.37. The zero-order chi connectivity index (χ0) is 28.1. The van der Waals surface area contributed by atoms with Crippen LogP contribution in [0.1, 0.15) is 147 Å². The van der Waals surface area contributed by atoms with Gasteiger partial charge in [0.2, 0.25) is 0 Å². The molecule has 0 N–H and O–H groups in total. The number of benzene rings is 2. The van der Waals surface area contributed by atoms with Gasteiger partial charge in [0.25, 0.3) is 0 Å². The average molecular weight is 549 g/mol.